The number of aromatic hydroxyl groups is 2. The van der Waals surface area contributed by atoms with Gasteiger partial charge in [-0.25, -0.2) is 0 Å². The maximum Gasteiger partial charge on any atom is 0.201 e. The Morgan fingerprint density at radius 1 is 0.780 bits per heavy atom. The van der Waals surface area contributed by atoms with Gasteiger partial charge in [0.1, 0.15) is 24.4 Å². The predicted molar refractivity (Wildman–Crippen MR) is 142 cm³/mol. The highest BCUT2D eigenvalue weighted by Crippen LogP contribution is 2.54. The van der Waals surface area contributed by atoms with Gasteiger partial charge in [-0.15, -0.1) is 0 Å². The summed E-state index contributed by atoms with van der Waals surface area (Å²) in [4.78, 5) is 0. The standard InChI is InChI=1S/C28H38O13/c1-36-16-7-13(8-17(37-2)22(16)31)20-15(11-40-28-26(35)25(34)23(32)19(10-30)41-28)14(9-29)5-12-6-18(38-3)24(33)27(39-4)21(12)20/h6-8,14-15,19-20,23,25-26,28-35H,5,9-11H2,1-4H3/t14-,15-,19+,20+,23+,25-,26+,28?/m0/s1. The van der Waals surface area contributed by atoms with Gasteiger partial charge in [0.25, 0.3) is 0 Å². The third kappa shape index (κ3) is 5.58. The minimum Gasteiger partial charge on any atom is -0.502 e. The second-order valence-corrected chi connectivity index (χ2v) is 10.1. The number of methoxy groups -OCH3 is 4. The number of benzene rings is 2. The highest BCUT2D eigenvalue weighted by molar-refractivity contribution is 5.64. The first-order valence-corrected chi connectivity index (χ1v) is 13.1. The van der Waals surface area contributed by atoms with E-state index < -0.39 is 55.1 Å². The number of phenolic OH excluding ortho intramolecular Hbond substituents is 2. The molecule has 0 amide bonds. The Morgan fingerprint density at radius 3 is 1.93 bits per heavy atom. The molecule has 0 bridgehead atoms. The van der Waals surface area contributed by atoms with E-state index in [0.29, 0.717) is 17.5 Å². The molecule has 4 rings (SSSR count). The minimum absolute atomic E-state index is 0.123. The summed E-state index contributed by atoms with van der Waals surface area (Å²) >= 11 is 0. The fourth-order valence-corrected chi connectivity index (χ4v) is 5.83. The minimum atomic E-state index is -1.63. The zero-order chi connectivity index (χ0) is 30.0. The monoisotopic (exact) mass is 582 g/mol. The molecule has 0 aromatic heterocycles. The Hall–Kier alpha value is -3.04. The van der Waals surface area contributed by atoms with Gasteiger partial charge in [0, 0.05) is 18.1 Å². The Labute approximate surface area is 237 Å². The van der Waals surface area contributed by atoms with E-state index in [-0.39, 0.29) is 47.7 Å². The van der Waals surface area contributed by atoms with E-state index >= 15 is 0 Å². The van der Waals surface area contributed by atoms with Crippen LogP contribution in [0.5, 0.6) is 34.5 Å². The Bertz CT molecular complexity index is 1180. The lowest BCUT2D eigenvalue weighted by Crippen LogP contribution is -2.59. The molecule has 0 spiro atoms. The highest BCUT2D eigenvalue weighted by atomic mass is 16.7. The van der Waals surface area contributed by atoms with Crippen LogP contribution in [0.15, 0.2) is 18.2 Å². The van der Waals surface area contributed by atoms with Gasteiger partial charge < -0.3 is 64.2 Å². The van der Waals surface area contributed by atoms with Crippen LogP contribution in [0.4, 0.5) is 0 Å². The topological polar surface area (TPSA) is 197 Å². The largest absolute Gasteiger partial charge is 0.502 e. The van der Waals surface area contributed by atoms with E-state index in [4.69, 9.17) is 28.4 Å². The van der Waals surface area contributed by atoms with E-state index in [9.17, 15) is 35.7 Å². The van der Waals surface area contributed by atoms with Crippen LogP contribution >= 0.6 is 0 Å². The lowest BCUT2D eigenvalue weighted by molar-refractivity contribution is -0.304. The Morgan fingerprint density at radius 2 is 1.39 bits per heavy atom. The molecule has 1 aliphatic carbocycles. The van der Waals surface area contributed by atoms with Crippen molar-refractivity contribution in [2.45, 2.75) is 43.0 Å². The van der Waals surface area contributed by atoms with Crippen molar-refractivity contribution in [3.63, 3.8) is 0 Å². The number of ether oxygens (including phenoxy) is 6. The highest BCUT2D eigenvalue weighted by Gasteiger charge is 2.46. The van der Waals surface area contributed by atoms with Crippen LogP contribution in [0.1, 0.15) is 22.6 Å². The molecule has 1 unspecified atom stereocenters. The van der Waals surface area contributed by atoms with Crippen LogP contribution in [0.2, 0.25) is 0 Å². The average molecular weight is 583 g/mol. The van der Waals surface area contributed by atoms with Crippen molar-refractivity contribution < 1.29 is 64.2 Å². The molecule has 1 fully saturated rings. The lowest BCUT2D eigenvalue weighted by Gasteiger charge is -2.43. The number of hydrogen-bond donors (Lipinski definition) is 7. The SMILES string of the molecule is COc1cc([C@H]2c3c(cc(OC)c(O)c3OC)C[C@@H](CO)[C@@H]2COC2O[C@H](CO)[C@@H](O)[C@H](O)[C@H]2O)cc(OC)c1O. The Kier molecular flexibility index (Phi) is 9.70. The number of hydrogen-bond acceptors (Lipinski definition) is 13. The molecule has 7 N–H and O–H groups in total. The summed E-state index contributed by atoms with van der Waals surface area (Å²) in [6, 6.07) is 4.88. The van der Waals surface area contributed by atoms with E-state index in [1.165, 1.54) is 28.4 Å². The molecule has 41 heavy (non-hydrogen) atoms. The maximum absolute atomic E-state index is 11.0. The number of phenols is 2. The number of aliphatic hydroxyl groups excluding tert-OH is 5. The zero-order valence-corrected chi connectivity index (χ0v) is 23.3. The van der Waals surface area contributed by atoms with Crippen LogP contribution in [-0.2, 0) is 15.9 Å². The van der Waals surface area contributed by atoms with Gasteiger partial charge >= 0.3 is 0 Å². The number of aliphatic hydroxyl groups is 5. The second-order valence-electron chi connectivity index (χ2n) is 10.1. The molecule has 2 aromatic carbocycles. The van der Waals surface area contributed by atoms with Gasteiger partial charge in [-0.05, 0) is 47.6 Å². The summed E-state index contributed by atoms with van der Waals surface area (Å²) in [5.74, 6) is -1.51. The summed E-state index contributed by atoms with van der Waals surface area (Å²) in [6.07, 6.45) is -7.02. The molecule has 13 nitrogen and oxygen atoms in total. The van der Waals surface area contributed by atoms with Crippen LogP contribution in [0.25, 0.3) is 0 Å². The van der Waals surface area contributed by atoms with Gasteiger partial charge in [0.2, 0.25) is 11.5 Å². The van der Waals surface area contributed by atoms with Crippen molar-refractivity contribution in [2.24, 2.45) is 11.8 Å². The molecule has 8 atom stereocenters. The molecule has 0 radical (unpaired) electrons. The molecule has 2 aromatic rings. The van der Waals surface area contributed by atoms with Crippen molar-refractivity contribution >= 4 is 0 Å². The zero-order valence-electron chi connectivity index (χ0n) is 23.3. The van der Waals surface area contributed by atoms with E-state index in [2.05, 4.69) is 0 Å². The summed E-state index contributed by atoms with van der Waals surface area (Å²) in [6.45, 7) is -1.02. The number of rotatable bonds is 10. The number of fused-ring (bicyclic) bond motifs is 1. The first-order chi connectivity index (χ1) is 19.6. The fraction of sp³-hybridized carbons (Fsp3) is 0.571. The van der Waals surface area contributed by atoms with Crippen molar-refractivity contribution in [2.75, 3.05) is 48.3 Å². The van der Waals surface area contributed by atoms with E-state index in [0.717, 1.165) is 5.56 Å². The smallest absolute Gasteiger partial charge is 0.201 e. The average Bonchev–Trinajstić information content (AvgIpc) is 2.98. The normalized spacial score (nSPS) is 29.5. The summed E-state index contributed by atoms with van der Waals surface area (Å²) < 4.78 is 33.3. The van der Waals surface area contributed by atoms with Crippen molar-refractivity contribution in [3.8, 4) is 34.5 Å². The van der Waals surface area contributed by atoms with Crippen LogP contribution in [-0.4, -0.2) is 115 Å². The van der Waals surface area contributed by atoms with Crippen molar-refractivity contribution in [1.82, 2.24) is 0 Å². The van der Waals surface area contributed by atoms with Gasteiger partial charge in [-0.2, -0.15) is 0 Å². The van der Waals surface area contributed by atoms with Gasteiger partial charge in [-0.1, -0.05) is 0 Å². The van der Waals surface area contributed by atoms with Crippen LogP contribution < -0.4 is 18.9 Å². The third-order valence-electron chi connectivity index (χ3n) is 7.99. The first kappa shape index (κ1) is 30.9. The quantitative estimate of drug-likeness (QED) is 0.196. The molecule has 2 aliphatic rings. The summed E-state index contributed by atoms with van der Waals surface area (Å²) in [5, 5.41) is 72.6. The molecule has 0 saturated carbocycles. The van der Waals surface area contributed by atoms with E-state index in [1.54, 1.807) is 18.2 Å². The molecule has 1 saturated heterocycles. The molecule has 13 heteroatoms. The molecular weight excluding hydrogens is 544 g/mol. The third-order valence-corrected chi connectivity index (χ3v) is 7.99. The van der Waals surface area contributed by atoms with Crippen LogP contribution in [0.3, 0.4) is 0 Å². The summed E-state index contributed by atoms with van der Waals surface area (Å²) in [7, 11) is 5.60. The predicted octanol–water partition coefficient (Wildman–Crippen LogP) is -0.139. The van der Waals surface area contributed by atoms with Crippen LogP contribution in [0, 0.1) is 11.8 Å². The maximum atomic E-state index is 11.0. The molecule has 228 valence electrons. The molecular formula is C28H38O13. The first-order valence-electron chi connectivity index (χ1n) is 13.1. The second kappa shape index (κ2) is 12.9. The summed E-state index contributed by atoms with van der Waals surface area (Å²) in [5.41, 5.74) is 1.88. The van der Waals surface area contributed by atoms with Gasteiger partial charge in [-0.3, -0.25) is 0 Å². The van der Waals surface area contributed by atoms with E-state index in [1.807, 2.05) is 0 Å². The van der Waals surface area contributed by atoms with Gasteiger partial charge in [0.05, 0.1) is 41.7 Å². The molecule has 1 aliphatic heterocycles. The van der Waals surface area contributed by atoms with Crippen molar-refractivity contribution in [1.29, 1.82) is 0 Å². The van der Waals surface area contributed by atoms with Crippen molar-refractivity contribution in [3.05, 3.63) is 34.9 Å². The Balaban J connectivity index is 1.85. The fourth-order valence-electron chi connectivity index (χ4n) is 5.83. The lowest BCUT2D eigenvalue weighted by atomic mass is 9.66. The molecule has 1 heterocycles. The van der Waals surface area contributed by atoms with Gasteiger partial charge in [0.15, 0.2) is 29.3 Å².